The summed E-state index contributed by atoms with van der Waals surface area (Å²) in [7, 11) is 0. The number of aromatic nitrogens is 3. The molecule has 116 valence electrons. The van der Waals surface area contributed by atoms with Gasteiger partial charge in [-0.3, -0.25) is 5.32 Å². The fourth-order valence-electron chi connectivity index (χ4n) is 2.01. The third-order valence-corrected chi connectivity index (χ3v) is 3.57. The van der Waals surface area contributed by atoms with E-state index < -0.39 is 6.09 Å². The van der Waals surface area contributed by atoms with E-state index in [0.29, 0.717) is 11.4 Å². The number of anilines is 1. The summed E-state index contributed by atoms with van der Waals surface area (Å²) >= 11 is 3.39. The average molecular weight is 373 g/mol. The van der Waals surface area contributed by atoms with Crippen molar-refractivity contribution in [3.63, 3.8) is 0 Å². The minimum Gasteiger partial charge on any atom is -0.444 e. The molecule has 0 saturated heterocycles. The highest BCUT2D eigenvalue weighted by atomic mass is 79.9. The zero-order chi connectivity index (χ0) is 16.1. The lowest BCUT2D eigenvalue weighted by Crippen LogP contribution is -2.15. The van der Waals surface area contributed by atoms with E-state index >= 15 is 0 Å². The first-order valence-electron chi connectivity index (χ1n) is 6.84. The molecule has 23 heavy (non-hydrogen) atoms. The second-order valence-electron chi connectivity index (χ2n) is 4.69. The second-order valence-corrected chi connectivity index (χ2v) is 5.60. The van der Waals surface area contributed by atoms with Crippen molar-refractivity contribution in [2.24, 2.45) is 0 Å². The van der Waals surface area contributed by atoms with Gasteiger partial charge in [-0.1, -0.05) is 46.3 Å². The number of halogens is 1. The van der Waals surface area contributed by atoms with Crippen LogP contribution < -0.4 is 5.32 Å². The van der Waals surface area contributed by atoms with Crippen LogP contribution in [-0.2, 0) is 11.3 Å². The summed E-state index contributed by atoms with van der Waals surface area (Å²) in [5, 5.41) is 6.81. The van der Waals surface area contributed by atoms with Gasteiger partial charge in [-0.05, 0) is 23.8 Å². The Labute approximate surface area is 141 Å². The minimum absolute atomic E-state index is 0.208. The largest absolute Gasteiger partial charge is 0.444 e. The molecule has 0 spiro atoms. The van der Waals surface area contributed by atoms with Crippen LogP contribution in [0.5, 0.6) is 0 Å². The van der Waals surface area contributed by atoms with E-state index in [1.165, 1.54) is 6.33 Å². The number of carbonyl (C=O) groups excluding carboxylic acids is 1. The molecule has 7 heteroatoms. The van der Waals surface area contributed by atoms with Crippen LogP contribution in [0.1, 0.15) is 5.56 Å². The summed E-state index contributed by atoms with van der Waals surface area (Å²) in [6, 6.07) is 15.0. The maximum atomic E-state index is 12.0. The Morgan fingerprint density at radius 1 is 1.22 bits per heavy atom. The normalized spacial score (nSPS) is 10.3. The van der Waals surface area contributed by atoms with E-state index in [1.807, 2.05) is 42.5 Å². The minimum atomic E-state index is -0.534. The number of ether oxygens (including phenoxy) is 1. The molecule has 0 atom stereocenters. The van der Waals surface area contributed by atoms with E-state index in [9.17, 15) is 4.79 Å². The third-order valence-electron chi connectivity index (χ3n) is 3.07. The van der Waals surface area contributed by atoms with Gasteiger partial charge in [0.05, 0.1) is 11.4 Å². The van der Waals surface area contributed by atoms with Crippen molar-refractivity contribution in [1.82, 2.24) is 14.8 Å². The van der Waals surface area contributed by atoms with Crippen molar-refractivity contribution in [3.05, 3.63) is 71.2 Å². The Morgan fingerprint density at radius 2 is 2.04 bits per heavy atom. The van der Waals surface area contributed by atoms with Crippen molar-refractivity contribution >= 4 is 27.7 Å². The Bertz CT molecular complexity index is 791. The van der Waals surface area contributed by atoms with Crippen LogP contribution in [0.25, 0.3) is 5.69 Å². The van der Waals surface area contributed by atoms with Gasteiger partial charge in [-0.15, -0.1) is 0 Å². The van der Waals surface area contributed by atoms with Crippen LogP contribution >= 0.6 is 15.9 Å². The fraction of sp³-hybridized carbons (Fsp3) is 0.0625. The molecular formula is C16H13BrN4O2. The zero-order valence-electron chi connectivity index (χ0n) is 12.0. The van der Waals surface area contributed by atoms with Gasteiger partial charge in [0.1, 0.15) is 19.3 Å². The van der Waals surface area contributed by atoms with E-state index in [4.69, 9.17) is 4.74 Å². The van der Waals surface area contributed by atoms with Crippen LogP contribution in [0.15, 0.2) is 65.7 Å². The fourth-order valence-corrected chi connectivity index (χ4v) is 2.37. The number of nitrogens with zero attached hydrogens (tertiary/aromatic N) is 3. The standard InChI is InChI=1S/C16H13BrN4O2/c17-13-6-7-15(21-11-18-10-19-21)14(8-13)20-16(22)23-9-12-4-2-1-3-5-12/h1-8,10-11H,9H2,(H,20,22). The topological polar surface area (TPSA) is 69.0 Å². The summed E-state index contributed by atoms with van der Waals surface area (Å²) in [6.45, 7) is 0.208. The average Bonchev–Trinajstić information content (AvgIpc) is 3.08. The number of carbonyl (C=O) groups is 1. The predicted molar refractivity (Wildman–Crippen MR) is 89.3 cm³/mol. The van der Waals surface area contributed by atoms with Crippen LogP contribution in [0.2, 0.25) is 0 Å². The number of rotatable bonds is 4. The van der Waals surface area contributed by atoms with Gasteiger partial charge in [0.2, 0.25) is 0 Å². The summed E-state index contributed by atoms with van der Waals surface area (Å²) in [6.07, 6.45) is 2.46. The first-order valence-corrected chi connectivity index (χ1v) is 7.64. The van der Waals surface area contributed by atoms with Crippen LogP contribution in [0, 0.1) is 0 Å². The van der Waals surface area contributed by atoms with Gasteiger partial charge in [-0.2, -0.15) is 5.10 Å². The van der Waals surface area contributed by atoms with Gasteiger partial charge in [-0.25, -0.2) is 14.5 Å². The lowest BCUT2D eigenvalue weighted by Gasteiger charge is -2.11. The lowest BCUT2D eigenvalue weighted by atomic mass is 10.2. The summed E-state index contributed by atoms with van der Waals surface area (Å²) in [4.78, 5) is 15.9. The molecule has 1 heterocycles. The highest BCUT2D eigenvalue weighted by Crippen LogP contribution is 2.24. The van der Waals surface area contributed by atoms with Gasteiger partial charge in [0.15, 0.2) is 0 Å². The first kappa shape index (κ1) is 15.2. The number of benzene rings is 2. The molecule has 0 aliphatic carbocycles. The predicted octanol–water partition coefficient (Wildman–Crippen LogP) is 3.78. The monoisotopic (exact) mass is 372 g/mol. The van der Waals surface area contributed by atoms with Crippen LogP contribution in [0.4, 0.5) is 10.5 Å². The van der Waals surface area contributed by atoms with Crippen molar-refractivity contribution in [3.8, 4) is 5.69 Å². The Hall–Kier alpha value is -2.67. The Kier molecular flexibility index (Phi) is 4.68. The highest BCUT2D eigenvalue weighted by Gasteiger charge is 2.11. The number of hydrogen-bond acceptors (Lipinski definition) is 4. The van der Waals surface area contributed by atoms with Gasteiger partial charge in [0.25, 0.3) is 0 Å². The molecule has 2 aromatic carbocycles. The van der Waals surface area contributed by atoms with Crippen molar-refractivity contribution in [2.75, 3.05) is 5.32 Å². The second kappa shape index (κ2) is 7.06. The molecule has 1 N–H and O–H groups in total. The van der Waals surface area contributed by atoms with Gasteiger partial charge in [0, 0.05) is 4.47 Å². The smallest absolute Gasteiger partial charge is 0.412 e. The van der Waals surface area contributed by atoms with Crippen molar-refractivity contribution < 1.29 is 9.53 Å². The van der Waals surface area contributed by atoms with Crippen molar-refractivity contribution in [1.29, 1.82) is 0 Å². The van der Waals surface area contributed by atoms with Crippen LogP contribution in [-0.4, -0.2) is 20.9 Å². The van der Waals surface area contributed by atoms with Gasteiger partial charge < -0.3 is 4.74 Å². The van der Waals surface area contributed by atoms with E-state index in [0.717, 1.165) is 10.0 Å². The molecule has 0 saturated carbocycles. The quantitative estimate of drug-likeness (QED) is 0.756. The molecule has 0 unspecified atom stereocenters. The zero-order valence-corrected chi connectivity index (χ0v) is 13.6. The molecule has 6 nitrogen and oxygen atoms in total. The number of amides is 1. The summed E-state index contributed by atoms with van der Waals surface area (Å²) < 4.78 is 7.64. The Balaban J connectivity index is 1.72. The molecule has 1 amide bonds. The van der Waals surface area contributed by atoms with Gasteiger partial charge >= 0.3 is 6.09 Å². The Morgan fingerprint density at radius 3 is 2.78 bits per heavy atom. The van der Waals surface area contributed by atoms with Crippen LogP contribution in [0.3, 0.4) is 0 Å². The van der Waals surface area contributed by atoms with E-state index in [2.05, 4.69) is 31.3 Å². The maximum absolute atomic E-state index is 12.0. The van der Waals surface area contributed by atoms with E-state index in [1.54, 1.807) is 17.1 Å². The number of hydrogen-bond donors (Lipinski definition) is 1. The molecule has 3 rings (SSSR count). The van der Waals surface area contributed by atoms with Crippen molar-refractivity contribution in [2.45, 2.75) is 6.61 Å². The molecule has 0 aliphatic heterocycles. The SMILES string of the molecule is O=C(Nc1cc(Br)ccc1-n1cncn1)OCc1ccccc1. The molecule has 0 radical (unpaired) electrons. The summed E-state index contributed by atoms with van der Waals surface area (Å²) in [5.41, 5.74) is 2.19. The molecule has 0 fully saturated rings. The maximum Gasteiger partial charge on any atom is 0.412 e. The number of nitrogens with one attached hydrogen (secondary N) is 1. The summed E-state index contributed by atoms with van der Waals surface area (Å²) in [5.74, 6) is 0. The highest BCUT2D eigenvalue weighted by molar-refractivity contribution is 9.10. The molecule has 3 aromatic rings. The first-order chi connectivity index (χ1) is 11.2. The molecule has 0 aliphatic rings. The van der Waals surface area contributed by atoms with E-state index in [-0.39, 0.29) is 6.61 Å². The lowest BCUT2D eigenvalue weighted by molar-refractivity contribution is 0.155. The molecule has 0 bridgehead atoms. The third kappa shape index (κ3) is 3.95. The molecule has 1 aromatic heterocycles. The molecular weight excluding hydrogens is 360 g/mol.